The molecule has 2 amide bonds. The van der Waals surface area contributed by atoms with Crippen LogP contribution in [0.5, 0.6) is 5.75 Å². The van der Waals surface area contributed by atoms with Gasteiger partial charge in [0.1, 0.15) is 5.75 Å². The molecule has 4 rings (SSSR count). The summed E-state index contributed by atoms with van der Waals surface area (Å²) < 4.78 is 33.7. The molecule has 2 N–H and O–H groups in total. The maximum absolute atomic E-state index is 13.3. The third-order valence-corrected chi connectivity index (χ3v) is 6.72. The quantitative estimate of drug-likeness (QED) is 0.581. The van der Waals surface area contributed by atoms with Crippen LogP contribution in [-0.4, -0.2) is 32.9 Å². The summed E-state index contributed by atoms with van der Waals surface area (Å²) >= 11 is 0. The number of anilines is 3. The van der Waals surface area contributed by atoms with E-state index in [9.17, 15) is 18.0 Å². The summed E-state index contributed by atoms with van der Waals surface area (Å²) in [6.45, 7) is 1.23. The van der Waals surface area contributed by atoms with Gasteiger partial charge in [-0.15, -0.1) is 0 Å². The van der Waals surface area contributed by atoms with Gasteiger partial charge in [0.15, 0.2) is 6.10 Å². The van der Waals surface area contributed by atoms with Crippen LogP contribution in [0.25, 0.3) is 0 Å². The van der Waals surface area contributed by atoms with E-state index in [1.807, 2.05) is 6.07 Å². The molecule has 0 saturated heterocycles. The molecule has 3 aromatic rings. The van der Waals surface area contributed by atoms with Crippen molar-refractivity contribution in [1.29, 1.82) is 0 Å². The molecule has 170 valence electrons. The zero-order chi connectivity index (χ0) is 23.4. The van der Waals surface area contributed by atoms with Gasteiger partial charge in [-0.3, -0.25) is 13.9 Å². The Morgan fingerprint density at radius 3 is 2.33 bits per heavy atom. The van der Waals surface area contributed by atoms with Gasteiger partial charge in [0, 0.05) is 18.3 Å². The monoisotopic (exact) mass is 465 g/mol. The number of nitrogens with zero attached hydrogens (tertiary/aromatic N) is 1. The number of sulfonamides is 1. The average molecular weight is 466 g/mol. The first kappa shape index (κ1) is 22.3. The van der Waals surface area contributed by atoms with Gasteiger partial charge < -0.3 is 15.4 Å². The van der Waals surface area contributed by atoms with Gasteiger partial charge in [-0.2, -0.15) is 0 Å². The lowest BCUT2D eigenvalue weighted by Crippen LogP contribution is -2.49. The van der Waals surface area contributed by atoms with Gasteiger partial charge >= 0.3 is 0 Å². The van der Waals surface area contributed by atoms with Crippen LogP contribution >= 0.6 is 0 Å². The van der Waals surface area contributed by atoms with Crippen molar-refractivity contribution in [2.75, 3.05) is 21.5 Å². The Kier molecular flexibility index (Phi) is 6.32. The van der Waals surface area contributed by atoms with Crippen molar-refractivity contribution in [3.63, 3.8) is 0 Å². The Balaban J connectivity index is 1.57. The molecule has 0 saturated carbocycles. The number of para-hydroxylation sites is 2. The van der Waals surface area contributed by atoms with Gasteiger partial charge in [0.25, 0.3) is 5.91 Å². The summed E-state index contributed by atoms with van der Waals surface area (Å²) in [6.07, 6.45) is -1.06. The van der Waals surface area contributed by atoms with Crippen LogP contribution in [0.2, 0.25) is 0 Å². The zero-order valence-corrected chi connectivity index (χ0v) is 18.7. The lowest BCUT2D eigenvalue weighted by atomic mass is 10.2. The second-order valence-corrected chi connectivity index (χ2v) is 9.49. The van der Waals surface area contributed by atoms with E-state index in [1.54, 1.807) is 72.8 Å². The predicted octanol–water partition coefficient (Wildman–Crippen LogP) is 3.38. The van der Waals surface area contributed by atoms with E-state index >= 15 is 0 Å². The average Bonchev–Trinajstić information content (AvgIpc) is 2.78. The van der Waals surface area contributed by atoms with Gasteiger partial charge in [-0.1, -0.05) is 48.5 Å². The highest BCUT2D eigenvalue weighted by Gasteiger charge is 2.36. The molecule has 1 heterocycles. The predicted molar refractivity (Wildman–Crippen MR) is 127 cm³/mol. The van der Waals surface area contributed by atoms with Crippen LogP contribution in [0.1, 0.15) is 12.5 Å². The van der Waals surface area contributed by atoms with Gasteiger partial charge in [0.05, 0.1) is 18.0 Å². The molecule has 1 aliphatic rings. The largest absolute Gasteiger partial charge is 0.476 e. The Morgan fingerprint density at radius 1 is 0.939 bits per heavy atom. The molecule has 0 aliphatic carbocycles. The first-order chi connectivity index (χ1) is 15.8. The summed E-state index contributed by atoms with van der Waals surface area (Å²) in [5.41, 5.74) is 2.03. The second kappa shape index (κ2) is 9.33. The van der Waals surface area contributed by atoms with E-state index in [4.69, 9.17) is 4.74 Å². The van der Waals surface area contributed by atoms with Gasteiger partial charge in [0.2, 0.25) is 15.9 Å². The van der Waals surface area contributed by atoms with Crippen molar-refractivity contribution in [3.8, 4) is 5.75 Å². The molecular weight excluding hydrogens is 442 g/mol. The fourth-order valence-electron chi connectivity index (χ4n) is 3.57. The number of nitrogens with one attached hydrogen (secondary N) is 2. The number of benzene rings is 3. The fraction of sp³-hybridized carbons (Fsp3) is 0.167. The summed E-state index contributed by atoms with van der Waals surface area (Å²) in [6, 6.07) is 22.3. The van der Waals surface area contributed by atoms with Crippen molar-refractivity contribution in [2.24, 2.45) is 0 Å². The summed E-state index contributed by atoms with van der Waals surface area (Å²) in [4.78, 5) is 24.3. The third-order valence-electron chi connectivity index (χ3n) is 5.01. The standard InChI is InChI=1S/C24H23N3O5S/c1-17(28)25-19-10-7-11-20(14-19)26-24(29)23-15-27(21-12-5-6-13-22(21)32-23)33(30,31)16-18-8-3-2-4-9-18/h2-14,23H,15-16H2,1H3,(H,25,28)(H,26,29)/t23-/m1/s1. The Bertz CT molecular complexity index is 1280. The highest BCUT2D eigenvalue weighted by atomic mass is 32.2. The normalized spacial score (nSPS) is 15.2. The maximum Gasteiger partial charge on any atom is 0.267 e. The molecule has 3 aromatic carbocycles. The topological polar surface area (TPSA) is 105 Å². The van der Waals surface area contributed by atoms with E-state index in [0.717, 1.165) is 0 Å². The molecule has 1 atom stereocenters. The van der Waals surface area contributed by atoms with Crippen molar-refractivity contribution in [1.82, 2.24) is 0 Å². The number of carbonyl (C=O) groups excluding carboxylic acids is 2. The van der Waals surface area contributed by atoms with Crippen LogP contribution in [0.15, 0.2) is 78.9 Å². The van der Waals surface area contributed by atoms with Crippen LogP contribution in [0.4, 0.5) is 17.1 Å². The summed E-state index contributed by atoms with van der Waals surface area (Å²) in [5, 5.41) is 5.39. The molecule has 0 unspecified atom stereocenters. The third kappa shape index (κ3) is 5.32. The van der Waals surface area contributed by atoms with Crippen LogP contribution in [0, 0.1) is 0 Å². The highest BCUT2D eigenvalue weighted by molar-refractivity contribution is 7.92. The van der Waals surface area contributed by atoms with Gasteiger partial charge in [-0.05, 0) is 35.9 Å². The molecule has 1 aliphatic heterocycles. The smallest absolute Gasteiger partial charge is 0.267 e. The van der Waals surface area contributed by atoms with Crippen LogP contribution in [-0.2, 0) is 25.4 Å². The van der Waals surface area contributed by atoms with Crippen molar-refractivity contribution in [3.05, 3.63) is 84.4 Å². The molecule has 0 spiro atoms. The molecule has 9 heteroatoms. The molecule has 0 aromatic heterocycles. The van der Waals surface area contributed by atoms with Crippen molar-refractivity contribution >= 4 is 38.9 Å². The van der Waals surface area contributed by atoms with Crippen molar-refractivity contribution < 1.29 is 22.7 Å². The molecule has 33 heavy (non-hydrogen) atoms. The fourth-order valence-corrected chi connectivity index (χ4v) is 5.15. The first-order valence-corrected chi connectivity index (χ1v) is 11.9. The highest BCUT2D eigenvalue weighted by Crippen LogP contribution is 2.36. The number of hydrogen-bond donors (Lipinski definition) is 2. The SMILES string of the molecule is CC(=O)Nc1cccc(NC(=O)[C@H]2CN(S(=O)(=O)Cc3ccccc3)c3ccccc3O2)c1. The maximum atomic E-state index is 13.3. The Labute approximate surface area is 192 Å². The lowest BCUT2D eigenvalue weighted by Gasteiger charge is -2.34. The summed E-state index contributed by atoms with van der Waals surface area (Å²) in [5.74, 6) is -0.614. The minimum Gasteiger partial charge on any atom is -0.476 e. The molecule has 0 bridgehead atoms. The molecule has 0 radical (unpaired) electrons. The minimum absolute atomic E-state index is 0.163. The van der Waals surface area contributed by atoms with Crippen LogP contribution < -0.4 is 19.7 Å². The second-order valence-electron chi connectivity index (χ2n) is 7.60. The number of fused-ring (bicyclic) bond motifs is 1. The van der Waals surface area contributed by atoms with E-state index in [-0.39, 0.29) is 18.2 Å². The van der Waals surface area contributed by atoms with E-state index in [2.05, 4.69) is 10.6 Å². The van der Waals surface area contributed by atoms with E-state index < -0.39 is 22.0 Å². The molecule has 0 fully saturated rings. The number of amides is 2. The minimum atomic E-state index is -3.78. The molecular formula is C24H23N3O5S. The van der Waals surface area contributed by atoms with E-state index in [0.29, 0.717) is 28.4 Å². The van der Waals surface area contributed by atoms with E-state index in [1.165, 1.54) is 11.2 Å². The van der Waals surface area contributed by atoms with Crippen molar-refractivity contribution in [2.45, 2.75) is 18.8 Å². The Morgan fingerprint density at radius 2 is 1.61 bits per heavy atom. The number of rotatable bonds is 6. The van der Waals surface area contributed by atoms with Crippen LogP contribution in [0.3, 0.4) is 0 Å². The number of ether oxygens (including phenoxy) is 1. The summed E-state index contributed by atoms with van der Waals surface area (Å²) in [7, 11) is -3.78. The lowest BCUT2D eigenvalue weighted by molar-refractivity contribution is -0.122. The van der Waals surface area contributed by atoms with Gasteiger partial charge in [-0.25, -0.2) is 8.42 Å². The molecule has 8 nitrogen and oxygen atoms in total. The number of carbonyl (C=O) groups is 2. The zero-order valence-electron chi connectivity index (χ0n) is 17.9. The Hall–Kier alpha value is -3.85. The number of hydrogen-bond acceptors (Lipinski definition) is 5. The first-order valence-electron chi connectivity index (χ1n) is 10.3.